The first-order valence-corrected chi connectivity index (χ1v) is 7.73. The molecule has 1 saturated carbocycles. The molecule has 1 fully saturated rings. The molecule has 19 heavy (non-hydrogen) atoms. The second kappa shape index (κ2) is 8.54. The van der Waals surface area contributed by atoms with Gasteiger partial charge in [0.1, 0.15) is 0 Å². The van der Waals surface area contributed by atoms with Crippen molar-refractivity contribution >= 4 is 5.91 Å². The van der Waals surface area contributed by atoms with E-state index in [1.165, 1.54) is 12.8 Å². The zero-order valence-corrected chi connectivity index (χ0v) is 12.6. The average Bonchev–Trinajstić information content (AvgIpc) is 2.83. The third kappa shape index (κ3) is 5.49. The van der Waals surface area contributed by atoms with Crippen molar-refractivity contribution in [3.8, 4) is 0 Å². The number of carbonyl (C=O) groups excluding carboxylic acids is 1. The van der Waals surface area contributed by atoms with E-state index in [1.807, 2.05) is 13.8 Å². The van der Waals surface area contributed by atoms with E-state index in [0.29, 0.717) is 11.8 Å². The van der Waals surface area contributed by atoms with Gasteiger partial charge in [0.2, 0.25) is 5.91 Å². The minimum Gasteiger partial charge on any atom is -0.396 e. The summed E-state index contributed by atoms with van der Waals surface area (Å²) in [7, 11) is 0. The number of hydrogen-bond donors (Lipinski definition) is 3. The van der Waals surface area contributed by atoms with E-state index in [0.717, 1.165) is 25.8 Å². The molecule has 4 atom stereocenters. The van der Waals surface area contributed by atoms with E-state index in [9.17, 15) is 9.90 Å². The smallest absolute Gasteiger partial charge is 0.237 e. The molecule has 0 aromatic carbocycles. The van der Waals surface area contributed by atoms with E-state index in [2.05, 4.69) is 17.6 Å². The van der Waals surface area contributed by atoms with Gasteiger partial charge in [-0.05, 0) is 51.5 Å². The van der Waals surface area contributed by atoms with Crippen LogP contribution in [0.4, 0.5) is 0 Å². The lowest BCUT2D eigenvalue weighted by atomic mass is 9.97. The van der Waals surface area contributed by atoms with Gasteiger partial charge in [-0.3, -0.25) is 4.79 Å². The number of aliphatic hydroxyl groups excluding tert-OH is 1. The molecule has 1 aliphatic carbocycles. The van der Waals surface area contributed by atoms with Crippen molar-refractivity contribution in [1.82, 2.24) is 10.6 Å². The molecule has 1 amide bonds. The molecule has 0 saturated heterocycles. The summed E-state index contributed by atoms with van der Waals surface area (Å²) in [4.78, 5) is 12.0. The summed E-state index contributed by atoms with van der Waals surface area (Å²) in [6.45, 7) is 7.20. The van der Waals surface area contributed by atoms with Crippen molar-refractivity contribution in [3.63, 3.8) is 0 Å². The number of amides is 1. The molecule has 0 spiro atoms. The minimum absolute atomic E-state index is 0.0829. The topological polar surface area (TPSA) is 61.4 Å². The number of aliphatic hydroxyl groups is 1. The Hall–Kier alpha value is -0.610. The predicted molar refractivity (Wildman–Crippen MR) is 77.9 cm³/mol. The zero-order valence-electron chi connectivity index (χ0n) is 12.6. The van der Waals surface area contributed by atoms with Gasteiger partial charge in [0.25, 0.3) is 0 Å². The van der Waals surface area contributed by atoms with Gasteiger partial charge in [-0.25, -0.2) is 0 Å². The summed E-state index contributed by atoms with van der Waals surface area (Å²) in [5.41, 5.74) is 0. The van der Waals surface area contributed by atoms with Gasteiger partial charge in [-0.15, -0.1) is 0 Å². The van der Waals surface area contributed by atoms with E-state index >= 15 is 0 Å². The highest BCUT2D eigenvalue weighted by atomic mass is 16.3. The lowest BCUT2D eigenvalue weighted by molar-refractivity contribution is -0.123. The fourth-order valence-corrected chi connectivity index (χ4v) is 2.92. The highest BCUT2D eigenvalue weighted by molar-refractivity contribution is 5.81. The largest absolute Gasteiger partial charge is 0.396 e. The van der Waals surface area contributed by atoms with E-state index < -0.39 is 0 Å². The van der Waals surface area contributed by atoms with Crippen molar-refractivity contribution in [2.24, 2.45) is 11.8 Å². The molecule has 3 N–H and O–H groups in total. The van der Waals surface area contributed by atoms with Gasteiger partial charge < -0.3 is 15.7 Å². The number of hydrogen-bond acceptors (Lipinski definition) is 3. The molecule has 0 aromatic rings. The Kier molecular flexibility index (Phi) is 7.39. The standard InChI is InChI=1S/C15H30N2O2/c1-4-6-11(2)17-15(19)12(3)16-9-13-7-5-8-14(13)10-18/h11-14,16,18H,4-10H2,1-3H3,(H,17,19). The van der Waals surface area contributed by atoms with Crippen LogP contribution in [0.3, 0.4) is 0 Å². The van der Waals surface area contributed by atoms with Crippen LogP contribution in [0, 0.1) is 11.8 Å². The van der Waals surface area contributed by atoms with Crippen LogP contribution >= 0.6 is 0 Å². The zero-order chi connectivity index (χ0) is 14.3. The first kappa shape index (κ1) is 16.4. The van der Waals surface area contributed by atoms with Crippen LogP contribution in [0.1, 0.15) is 52.9 Å². The van der Waals surface area contributed by atoms with Crippen LogP contribution < -0.4 is 10.6 Å². The summed E-state index contributed by atoms with van der Waals surface area (Å²) >= 11 is 0. The highest BCUT2D eigenvalue weighted by Crippen LogP contribution is 2.30. The second-order valence-electron chi connectivity index (χ2n) is 5.96. The summed E-state index contributed by atoms with van der Waals surface area (Å²) in [5.74, 6) is 1.02. The van der Waals surface area contributed by atoms with Crippen LogP contribution in [0.2, 0.25) is 0 Å². The molecule has 0 heterocycles. The van der Waals surface area contributed by atoms with E-state index in [-0.39, 0.29) is 24.6 Å². The van der Waals surface area contributed by atoms with Gasteiger partial charge in [0, 0.05) is 12.6 Å². The van der Waals surface area contributed by atoms with Crippen LogP contribution in [-0.4, -0.2) is 36.2 Å². The maximum Gasteiger partial charge on any atom is 0.237 e. The first-order chi connectivity index (χ1) is 9.08. The maximum atomic E-state index is 12.0. The lowest BCUT2D eigenvalue weighted by Gasteiger charge is -2.22. The summed E-state index contributed by atoms with van der Waals surface area (Å²) in [5, 5.41) is 15.6. The molecule has 4 nitrogen and oxygen atoms in total. The normalized spacial score (nSPS) is 26.1. The Morgan fingerprint density at radius 1 is 1.32 bits per heavy atom. The monoisotopic (exact) mass is 270 g/mol. The molecular weight excluding hydrogens is 240 g/mol. The SMILES string of the molecule is CCCC(C)NC(=O)C(C)NCC1CCCC1CO. The van der Waals surface area contributed by atoms with Crippen LogP contribution in [0.25, 0.3) is 0 Å². The third-order valence-corrected chi connectivity index (χ3v) is 4.24. The van der Waals surface area contributed by atoms with Gasteiger partial charge in [0.15, 0.2) is 0 Å². The molecule has 1 rings (SSSR count). The van der Waals surface area contributed by atoms with Crippen molar-refractivity contribution < 1.29 is 9.90 Å². The Balaban J connectivity index is 2.26. The van der Waals surface area contributed by atoms with E-state index in [4.69, 9.17) is 0 Å². The number of carbonyl (C=O) groups is 1. The number of nitrogens with one attached hydrogen (secondary N) is 2. The Labute approximate surface area is 117 Å². The molecule has 0 radical (unpaired) electrons. The number of rotatable bonds is 8. The maximum absolute atomic E-state index is 12.0. The summed E-state index contributed by atoms with van der Waals surface area (Å²) in [6, 6.07) is 0.0951. The molecular formula is C15H30N2O2. The minimum atomic E-state index is -0.153. The van der Waals surface area contributed by atoms with Crippen LogP contribution in [-0.2, 0) is 4.79 Å². The Bertz CT molecular complexity index is 271. The molecule has 0 aliphatic heterocycles. The summed E-state index contributed by atoms with van der Waals surface area (Å²) in [6.07, 6.45) is 5.60. The van der Waals surface area contributed by atoms with Crippen molar-refractivity contribution in [3.05, 3.63) is 0 Å². The van der Waals surface area contributed by atoms with Gasteiger partial charge >= 0.3 is 0 Å². The molecule has 1 aliphatic rings. The summed E-state index contributed by atoms with van der Waals surface area (Å²) < 4.78 is 0. The fourth-order valence-electron chi connectivity index (χ4n) is 2.92. The average molecular weight is 270 g/mol. The fraction of sp³-hybridized carbons (Fsp3) is 0.933. The molecule has 0 bridgehead atoms. The Morgan fingerprint density at radius 2 is 2.00 bits per heavy atom. The molecule has 4 heteroatoms. The van der Waals surface area contributed by atoms with Gasteiger partial charge in [-0.1, -0.05) is 19.8 Å². The van der Waals surface area contributed by atoms with Crippen molar-refractivity contribution in [1.29, 1.82) is 0 Å². The second-order valence-corrected chi connectivity index (χ2v) is 5.96. The lowest BCUT2D eigenvalue weighted by Crippen LogP contribution is -2.47. The quantitative estimate of drug-likeness (QED) is 0.629. The van der Waals surface area contributed by atoms with Crippen LogP contribution in [0.15, 0.2) is 0 Å². The van der Waals surface area contributed by atoms with Gasteiger partial charge in [-0.2, -0.15) is 0 Å². The molecule has 4 unspecified atom stereocenters. The Morgan fingerprint density at radius 3 is 2.63 bits per heavy atom. The molecule has 0 aromatic heterocycles. The van der Waals surface area contributed by atoms with Crippen molar-refractivity contribution in [2.45, 2.75) is 65.0 Å². The van der Waals surface area contributed by atoms with Crippen LogP contribution in [0.5, 0.6) is 0 Å². The first-order valence-electron chi connectivity index (χ1n) is 7.73. The highest BCUT2D eigenvalue weighted by Gasteiger charge is 2.27. The van der Waals surface area contributed by atoms with E-state index in [1.54, 1.807) is 0 Å². The van der Waals surface area contributed by atoms with Crippen molar-refractivity contribution in [2.75, 3.05) is 13.2 Å². The van der Waals surface area contributed by atoms with Gasteiger partial charge in [0.05, 0.1) is 6.04 Å². The third-order valence-electron chi connectivity index (χ3n) is 4.24. The molecule has 112 valence electrons. The predicted octanol–water partition coefficient (Wildman–Crippen LogP) is 1.68.